The first-order valence-corrected chi connectivity index (χ1v) is 7.78. The van der Waals surface area contributed by atoms with Gasteiger partial charge < -0.3 is 4.52 Å². The topological polar surface area (TPSA) is 51.8 Å². The number of hydrogen-bond donors (Lipinski definition) is 0. The molecule has 21 heavy (non-hydrogen) atoms. The van der Waals surface area contributed by atoms with Gasteiger partial charge in [-0.3, -0.25) is 9.97 Å². The van der Waals surface area contributed by atoms with Crippen molar-refractivity contribution >= 4 is 22.6 Å². The zero-order chi connectivity index (χ0) is 14.7. The number of benzene rings is 1. The molecule has 0 radical (unpaired) electrons. The second kappa shape index (κ2) is 6.34. The Kier molecular flexibility index (Phi) is 4.28. The summed E-state index contributed by atoms with van der Waals surface area (Å²) in [4.78, 5) is 8.37. The van der Waals surface area contributed by atoms with E-state index in [4.69, 9.17) is 4.52 Å². The van der Waals surface area contributed by atoms with Crippen LogP contribution in [0.1, 0.15) is 17.0 Å². The molecule has 5 heteroatoms. The molecule has 0 bridgehead atoms. The molecule has 3 rings (SSSR count). The SMILES string of the molecule is Cc1onc(-c2ccc(CCc3cnccn3)cc2)c1I. The molecule has 0 aliphatic heterocycles. The lowest BCUT2D eigenvalue weighted by molar-refractivity contribution is 0.399. The average molecular weight is 391 g/mol. The van der Waals surface area contributed by atoms with Crippen molar-refractivity contribution in [2.45, 2.75) is 19.8 Å². The first kappa shape index (κ1) is 14.2. The van der Waals surface area contributed by atoms with Gasteiger partial charge in [0, 0.05) is 24.2 Å². The van der Waals surface area contributed by atoms with Crippen molar-refractivity contribution in [1.82, 2.24) is 15.1 Å². The fourth-order valence-corrected chi connectivity index (χ4v) is 2.61. The molecule has 2 aromatic heterocycles. The molecular formula is C16H14IN3O. The summed E-state index contributed by atoms with van der Waals surface area (Å²) in [5, 5.41) is 4.11. The number of hydrogen-bond acceptors (Lipinski definition) is 4. The Bertz CT molecular complexity index is 723. The summed E-state index contributed by atoms with van der Waals surface area (Å²) in [6.07, 6.45) is 7.09. The number of rotatable bonds is 4. The average Bonchev–Trinajstić information content (AvgIpc) is 2.87. The van der Waals surface area contributed by atoms with Crippen molar-refractivity contribution in [2.75, 3.05) is 0 Å². The highest BCUT2D eigenvalue weighted by Gasteiger charge is 2.11. The maximum Gasteiger partial charge on any atom is 0.147 e. The van der Waals surface area contributed by atoms with Crippen molar-refractivity contribution < 1.29 is 4.52 Å². The van der Waals surface area contributed by atoms with Crippen LogP contribution in [0.15, 0.2) is 47.4 Å². The molecule has 0 saturated heterocycles. The molecule has 0 N–H and O–H groups in total. The number of halogens is 1. The van der Waals surface area contributed by atoms with E-state index in [1.54, 1.807) is 12.4 Å². The van der Waals surface area contributed by atoms with Gasteiger partial charge in [-0.15, -0.1) is 0 Å². The second-order valence-corrected chi connectivity index (χ2v) is 5.87. The van der Waals surface area contributed by atoms with Crippen LogP contribution in [-0.2, 0) is 12.8 Å². The molecule has 0 spiro atoms. The summed E-state index contributed by atoms with van der Waals surface area (Å²) in [6.45, 7) is 1.92. The molecule has 0 amide bonds. The molecule has 2 heterocycles. The fraction of sp³-hybridized carbons (Fsp3) is 0.188. The molecule has 0 saturated carbocycles. The first-order valence-electron chi connectivity index (χ1n) is 6.70. The minimum Gasteiger partial charge on any atom is -0.360 e. The Hall–Kier alpha value is -1.76. The van der Waals surface area contributed by atoms with Gasteiger partial charge in [0.25, 0.3) is 0 Å². The van der Waals surface area contributed by atoms with Gasteiger partial charge in [0.05, 0.1) is 9.26 Å². The summed E-state index contributed by atoms with van der Waals surface area (Å²) in [5.41, 5.74) is 4.29. The lowest BCUT2D eigenvalue weighted by Gasteiger charge is -2.03. The van der Waals surface area contributed by atoms with Gasteiger partial charge in [-0.2, -0.15) is 0 Å². The summed E-state index contributed by atoms with van der Waals surface area (Å²) >= 11 is 2.27. The van der Waals surface area contributed by atoms with E-state index in [9.17, 15) is 0 Å². The van der Waals surface area contributed by atoms with Crippen LogP contribution in [0, 0.1) is 10.5 Å². The first-order chi connectivity index (χ1) is 10.2. The van der Waals surface area contributed by atoms with Crippen molar-refractivity contribution in [3.8, 4) is 11.3 Å². The Morgan fingerprint density at radius 1 is 1.10 bits per heavy atom. The van der Waals surface area contributed by atoms with Crippen molar-refractivity contribution in [3.05, 3.63) is 63.4 Å². The minimum atomic E-state index is 0.859. The maximum atomic E-state index is 5.21. The molecule has 0 unspecified atom stereocenters. The Labute approximate surface area is 136 Å². The smallest absolute Gasteiger partial charge is 0.147 e. The minimum absolute atomic E-state index is 0.859. The molecule has 1 aromatic carbocycles. The Balaban J connectivity index is 1.71. The van der Waals surface area contributed by atoms with Gasteiger partial charge in [-0.05, 0) is 47.9 Å². The molecular weight excluding hydrogens is 377 g/mol. The summed E-state index contributed by atoms with van der Waals surface area (Å²) in [7, 11) is 0. The van der Waals surface area contributed by atoms with E-state index >= 15 is 0 Å². The molecule has 3 aromatic rings. The maximum absolute atomic E-state index is 5.21. The fourth-order valence-electron chi connectivity index (χ4n) is 2.10. The number of nitrogens with zero attached hydrogens (tertiary/aromatic N) is 3. The van der Waals surface area contributed by atoms with E-state index in [-0.39, 0.29) is 0 Å². The van der Waals surface area contributed by atoms with Gasteiger partial charge in [0.1, 0.15) is 11.5 Å². The van der Waals surface area contributed by atoms with Crippen LogP contribution in [-0.4, -0.2) is 15.1 Å². The highest BCUT2D eigenvalue weighted by molar-refractivity contribution is 14.1. The van der Waals surface area contributed by atoms with Gasteiger partial charge in [0.15, 0.2) is 0 Å². The predicted octanol–water partition coefficient (Wildman–Crippen LogP) is 3.83. The van der Waals surface area contributed by atoms with Crippen LogP contribution in [0.2, 0.25) is 0 Å². The second-order valence-electron chi connectivity index (χ2n) is 4.80. The van der Waals surface area contributed by atoms with E-state index in [1.165, 1.54) is 5.56 Å². The van der Waals surface area contributed by atoms with Crippen LogP contribution in [0.4, 0.5) is 0 Å². The summed E-state index contributed by atoms with van der Waals surface area (Å²) in [5.74, 6) is 0.859. The Morgan fingerprint density at radius 3 is 2.52 bits per heavy atom. The van der Waals surface area contributed by atoms with Gasteiger partial charge in [0.2, 0.25) is 0 Å². The van der Waals surface area contributed by atoms with Crippen molar-refractivity contribution in [1.29, 1.82) is 0 Å². The van der Waals surface area contributed by atoms with E-state index in [2.05, 4.69) is 62.0 Å². The largest absolute Gasteiger partial charge is 0.360 e. The lowest BCUT2D eigenvalue weighted by Crippen LogP contribution is -1.94. The van der Waals surface area contributed by atoms with Crippen LogP contribution in [0.25, 0.3) is 11.3 Å². The van der Waals surface area contributed by atoms with E-state index < -0.39 is 0 Å². The third kappa shape index (κ3) is 3.29. The quantitative estimate of drug-likeness (QED) is 0.635. The van der Waals surface area contributed by atoms with Crippen LogP contribution in [0.5, 0.6) is 0 Å². The molecule has 106 valence electrons. The van der Waals surface area contributed by atoms with Gasteiger partial charge >= 0.3 is 0 Å². The van der Waals surface area contributed by atoms with Crippen molar-refractivity contribution in [3.63, 3.8) is 0 Å². The number of aromatic nitrogens is 3. The van der Waals surface area contributed by atoms with Gasteiger partial charge in [-0.25, -0.2) is 0 Å². The molecule has 0 atom stereocenters. The monoisotopic (exact) mass is 391 g/mol. The molecule has 0 aliphatic rings. The third-order valence-corrected chi connectivity index (χ3v) is 4.58. The molecule has 0 fully saturated rings. The van der Waals surface area contributed by atoms with Crippen molar-refractivity contribution in [2.24, 2.45) is 0 Å². The Morgan fingerprint density at radius 2 is 1.90 bits per heavy atom. The van der Waals surface area contributed by atoms with E-state index in [1.807, 2.05) is 13.1 Å². The van der Waals surface area contributed by atoms with Crippen LogP contribution >= 0.6 is 22.6 Å². The predicted molar refractivity (Wildman–Crippen MR) is 88.8 cm³/mol. The zero-order valence-electron chi connectivity index (χ0n) is 11.6. The highest BCUT2D eigenvalue weighted by atomic mass is 127. The third-order valence-electron chi connectivity index (χ3n) is 3.30. The molecule has 4 nitrogen and oxygen atoms in total. The van der Waals surface area contributed by atoms with E-state index in [0.717, 1.165) is 39.1 Å². The summed E-state index contributed by atoms with van der Waals surface area (Å²) in [6, 6.07) is 8.44. The van der Waals surface area contributed by atoms with Crippen LogP contribution < -0.4 is 0 Å². The number of aryl methyl sites for hydroxylation is 3. The zero-order valence-corrected chi connectivity index (χ0v) is 13.7. The summed E-state index contributed by atoms with van der Waals surface area (Å²) < 4.78 is 6.28. The molecule has 0 aliphatic carbocycles. The van der Waals surface area contributed by atoms with E-state index in [0.29, 0.717) is 0 Å². The van der Waals surface area contributed by atoms with Crippen LogP contribution in [0.3, 0.4) is 0 Å². The van der Waals surface area contributed by atoms with Gasteiger partial charge in [-0.1, -0.05) is 29.4 Å². The lowest BCUT2D eigenvalue weighted by atomic mass is 10.0. The highest BCUT2D eigenvalue weighted by Crippen LogP contribution is 2.26. The standard InChI is InChI=1S/C16H14IN3O/c1-11-15(17)16(20-21-11)13-5-2-12(3-6-13)4-7-14-10-18-8-9-19-14/h2-3,5-6,8-10H,4,7H2,1H3. The normalized spacial score (nSPS) is 10.8.